The highest BCUT2D eigenvalue weighted by Crippen LogP contribution is 2.31. The molecule has 0 aliphatic carbocycles. The van der Waals surface area contributed by atoms with Gasteiger partial charge in [0.1, 0.15) is 11.5 Å². The Morgan fingerprint density at radius 2 is 2.06 bits per heavy atom. The highest BCUT2D eigenvalue weighted by atomic mass is 79.9. The van der Waals surface area contributed by atoms with Crippen LogP contribution in [0.5, 0.6) is 11.5 Å². The molecule has 0 bridgehead atoms. The van der Waals surface area contributed by atoms with E-state index in [2.05, 4.69) is 20.9 Å². The molecule has 0 spiro atoms. The summed E-state index contributed by atoms with van der Waals surface area (Å²) in [5, 5.41) is 0.658. The van der Waals surface area contributed by atoms with Crippen LogP contribution in [-0.2, 0) is 0 Å². The van der Waals surface area contributed by atoms with Crippen molar-refractivity contribution in [2.45, 2.75) is 6.92 Å². The lowest BCUT2D eigenvalue weighted by Gasteiger charge is -2.09. The normalized spacial score (nSPS) is 10.2. The molecule has 16 heavy (non-hydrogen) atoms. The van der Waals surface area contributed by atoms with Crippen molar-refractivity contribution in [1.29, 1.82) is 0 Å². The maximum absolute atomic E-state index is 5.92. The first kappa shape index (κ1) is 11.4. The zero-order chi connectivity index (χ0) is 11.5. The smallest absolute Gasteiger partial charge is 0.144 e. The minimum Gasteiger partial charge on any atom is -0.456 e. The van der Waals surface area contributed by atoms with Crippen LogP contribution in [0.1, 0.15) is 5.56 Å². The molecular formula is C12H9BrClNO. The molecule has 0 unspecified atom stereocenters. The highest BCUT2D eigenvalue weighted by Gasteiger charge is 2.05. The fourth-order valence-electron chi connectivity index (χ4n) is 1.25. The standard InChI is InChI=1S/C12H9BrClNO/c1-8-2-3-9(14)6-12(8)16-11-4-5-15-7-10(11)13/h2-7H,1H3. The van der Waals surface area contributed by atoms with Crippen molar-refractivity contribution in [3.63, 3.8) is 0 Å². The van der Waals surface area contributed by atoms with E-state index in [-0.39, 0.29) is 0 Å². The van der Waals surface area contributed by atoms with Gasteiger partial charge in [-0.25, -0.2) is 0 Å². The lowest BCUT2D eigenvalue weighted by molar-refractivity contribution is 0.475. The van der Waals surface area contributed by atoms with Crippen molar-refractivity contribution in [2.75, 3.05) is 0 Å². The van der Waals surface area contributed by atoms with Crippen LogP contribution >= 0.6 is 27.5 Å². The summed E-state index contributed by atoms with van der Waals surface area (Å²) in [5.41, 5.74) is 1.04. The summed E-state index contributed by atoms with van der Waals surface area (Å²) < 4.78 is 6.56. The van der Waals surface area contributed by atoms with Crippen LogP contribution < -0.4 is 4.74 Å². The van der Waals surface area contributed by atoms with Crippen LogP contribution in [0.25, 0.3) is 0 Å². The maximum atomic E-state index is 5.92. The Labute approximate surface area is 107 Å². The van der Waals surface area contributed by atoms with Crippen molar-refractivity contribution in [3.8, 4) is 11.5 Å². The number of hydrogen-bond donors (Lipinski definition) is 0. The molecular weight excluding hydrogens is 289 g/mol. The van der Waals surface area contributed by atoms with E-state index >= 15 is 0 Å². The lowest BCUT2D eigenvalue weighted by atomic mass is 10.2. The zero-order valence-corrected chi connectivity index (χ0v) is 10.9. The van der Waals surface area contributed by atoms with Gasteiger partial charge >= 0.3 is 0 Å². The van der Waals surface area contributed by atoms with Crippen LogP contribution in [-0.4, -0.2) is 4.98 Å². The molecule has 82 valence electrons. The number of aromatic nitrogens is 1. The minimum absolute atomic E-state index is 0.658. The largest absolute Gasteiger partial charge is 0.456 e. The van der Waals surface area contributed by atoms with E-state index in [1.165, 1.54) is 0 Å². The molecule has 0 N–H and O–H groups in total. The van der Waals surface area contributed by atoms with Crippen molar-refractivity contribution >= 4 is 27.5 Å². The third kappa shape index (κ3) is 2.54. The van der Waals surface area contributed by atoms with Crippen LogP contribution in [0.3, 0.4) is 0 Å². The van der Waals surface area contributed by atoms with Crippen molar-refractivity contribution in [3.05, 3.63) is 51.7 Å². The van der Waals surface area contributed by atoms with E-state index in [0.717, 1.165) is 21.5 Å². The van der Waals surface area contributed by atoms with Crippen molar-refractivity contribution in [2.24, 2.45) is 0 Å². The Hall–Kier alpha value is -1.06. The summed E-state index contributed by atoms with van der Waals surface area (Å²) in [5.74, 6) is 1.47. The Balaban J connectivity index is 2.34. The van der Waals surface area contributed by atoms with Gasteiger partial charge in [-0.05, 0) is 40.5 Å². The summed E-state index contributed by atoms with van der Waals surface area (Å²) in [6.07, 6.45) is 3.37. The number of rotatable bonds is 2. The summed E-state index contributed by atoms with van der Waals surface area (Å²) in [6.45, 7) is 1.97. The Kier molecular flexibility index (Phi) is 3.46. The second-order valence-electron chi connectivity index (χ2n) is 3.32. The van der Waals surface area contributed by atoms with Gasteiger partial charge in [-0.15, -0.1) is 0 Å². The molecule has 2 nitrogen and oxygen atoms in total. The third-order valence-electron chi connectivity index (χ3n) is 2.11. The van der Waals surface area contributed by atoms with Gasteiger partial charge in [0.15, 0.2) is 0 Å². The first-order valence-electron chi connectivity index (χ1n) is 4.70. The van der Waals surface area contributed by atoms with E-state index in [1.807, 2.05) is 19.1 Å². The van der Waals surface area contributed by atoms with Gasteiger partial charge in [0.25, 0.3) is 0 Å². The van der Waals surface area contributed by atoms with E-state index in [9.17, 15) is 0 Å². The van der Waals surface area contributed by atoms with Crippen molar-refractivity contribution < 1.29 is 4.74 Å². The summed E-state index contributed by atoms with van der Waals surface area (Å²) >= 11 is 9.30. The highest BCUT2D eigenvalue weighted by molar-refractivity contribution is 9.10. The quantitative estimate of drug-likeness (QED) is 0.808. The number of halogens is 2. The van der Waals surface area contributed by atoms with Crippen LogP contribution in [0.4, 0.5) is 0 Å². The van der Waals surface area contributed by atoms with Gasteiger partial charge in [-0.2, -0.15) is 0 Å². The van der Waals surface area contributed by atoms with E-state index in [4.69, 9.17) is 16.3 Å². The first-order chi connectivity index (χ1) is 7.66. The van der Waals surface area contributed by atoms with Gasteiger partial charge in [-0.3, -0.25) is 4.98 Å². The topological polar surface area (TPSA) is 22.1 Å². The zero-order valence-electron chi connectivity index (χ0n) is 8.58. The van der Waals surface area contributed by atoms with E-state index in [1.54, 1.807) is 24.5 Å². The molecule has 0 saturated carbocycles. The van der Waals surface area contributed by atoms with Gasteiger partial charge in [0, 0.05) is 23.5 Å². The molecule has 2 aromatic rings. The Morgan fingerprint density at radius 1 is 1.25 bits per heavy atom. The SMILES string of the molecule is Cc1ccc(Cl)cc1Oc1ccncc1Br. The molecule has 0 fully saturated rings. The average Bonchev–Trinajstić information content (AvgIpc) is 2.27. The summed E-state index contributed by atoms with van der Waals surface area (Å²) in [6, 6.07) is 7.35. The molecule has 2 rings (SSSR count). The number of benzene rings is 1. The fourth-order valence-corrected chi connectivity index (χ4v) is 1.74. The summed E-state index contributed by atoms with van der Waals surface area (Å²) in [7, 11) is 0. The van der Waals surface area contributed by atoms with E-state index < -0.39 is 0 Å². The number of ether oxygens (including phenoxy) is 1. The monoisotopic (exact) mass is 297 g/mol. The maximum Gasteiger partial charge on any atom is 0.144 e. The number of hydrogen-bond acceptors (Lipinski definition) is 2. The van der Waals surface area contributed by atoms with Gasteiger partial charge in [-0.1, -0.05) is 17.7 Å². The Morgan fingerprint density at radius 3 is 2.81 bits per heavy atom. The Bertz CT molecular complexity index is 516. The van der Waals surface area contributed by atoms with Gasteiger partial charge in [0.2, 0.25) is 0 Å². The van der Waals surface area contributed by atoms with Crippen LogP contribution in [0, 0.1) is 6.92 Å². The molecule has 0 radical (unpaired) electrons. The van der Waals surface area contributed by atoms with Gasteiger partial charge < -0.3 is 4.74 Å². The van der Waals surface area contributed by atoms with Crippen LogP contribution in [0.15, 0.2) is 41.1 Å². The molecule has 1 aromatic carbocycles. The molecule has 1 aromatic heterocycles. The molecule has 0 saturated heterocycles. The first-order valence-corrected chi connectivity index (χ1v) is 5.87. The number of pyridine rings is 1. The number of aryl methyl sites for hydroxylation is 1. The molecule has 4 heteroatoms. The molecule has 0 aliphatic rings. The van der Waals surface area contributed by atoms with Gasteiger partial charge in [0.05, 0.1) is 4.47 Å². The second kappa shape index (κ2) is 4.85. The van der Waals surface area contributed by atoms with Crippen molar-refractivity contribution in [1.82, 2.24) is 4.98 Å². The average molecular weight is 299 g/mol. The third-order valence-corrected chi connectivity index (χ3v) is 2.94. The second-order valence-corrected chi connectivity index (χ2v) is 4.61. The predicted octanol–water partition coefficient (Wildman–Crippen LogP) is 4.60. The summed E-state index contributed by atoms with van der Waals surface area (Å²) in [4.78, 5) is 3.97. The van der Waals surface area contributed by atoms with E-state index in [0.29, 0.717) is 5.02 Å². The lowest BCUT2D eigenvalue weighted by Crippen LogP contribution is -1.89. The molecule has 0 amide bonds. The number of nitrogens with zero attached hydrogens (tertiary/aromatic N) is 1. The van der Waals surface area contributed by atoms with Crippen LogP contribution in [0.2, 0.25) is 5.02 Å². The minimum atomic E-state index is 0.658. The molecule has 1 heterocycles. The predicted molar refractivity (Wildman–Crippen MR) is 68.2 cm³/mol. The molecule has 0 atom stereocenters. The fraction of sp³-hybridized carbons (Fsp3) is 0.0833. The molecule has 0 aliphatic heterocycles.